The quantitative estimate of drug-likeness (QED) is 0.872. The predicted molar refractivity (Wildman–Crippen MR) is 67.6 cm³/mol. The van der Waals surface area contributed by atoms with E-state index in [9.17, 15) is 0 Å². The summed E-state index contributed by atoms with van der Waals surface area (Å²) in [4.78, 5) is 2.20. The maximum atomic E-state index is 6.01. The minimum atomic E-state index is 0.730. The van der Waals surface area contributed by atoms with Crippen molar-refractivity contribution in [3.63, 3.8) is 0 Å². The third kappa shape index (κ3) is 2.42. The van der Waals surface area contributed by atoms with Gasteiger partial charge in [0.25, 0.3) is 0 Å². The van der Waals surface area contributed by atoms with Crippen molar-refractivity contribution >= 4 is 17.3 Å². The van der Waals surface area contributed by atoms with Gasteiger partial charge >= 0.3 is 0 Å². The number of anilines is 1. The molecule has 4 heteroatoms. The fourth-order valence-corrected chi connectivity index (χ4v) is 2.09. The van der Waals surface area contributed by atoms with Gasteiger partial charge in [0.1, 0.15) is 5.75 Å². The Hall–Kier alpha value is -0.930. The molecule has 0 aliphatic carbocycles. The zero-order valence-electron chi connectivity index (χ0n) is 9.66. The van der Waals surface area contributed by atoms with Crippen LogP contribution in [0.3, 0.4) is 0 Å². The Bertz CT molecular complexity index is 366. The SMILES string of the molecule is COc1ccc(Cl)cc1N(C)CC1CNC1. The molecule has 1 saturated heterocycles. The number of hydrogen-bond donors (Lipinski definition) is 1. The summed E-state index contributed by atoms with van der Waals surface area (Å²) in [6.45, 7) is 3.24. The zero-order chi connectivity index (χ0) is 11.5. The first-order valence-electron chi connectivity index (χ1n) is 5.46. The Morgan fingerprint density at radius 1 is 1.50 bits per heavy atom. The molecule has 0 amide bonds. The number of ether oxygens (including phenoxy) is 1. The van der Waals surface area contributed by atoms with Gasteiger partial charge in [-0.05, 0) is 18.2 Å². The smallest absolute Gasteiger partial charge is 0.142 e. The molecule has 1 aromatic rings. The van der Waals surface area contributed by atoms with E-state index in [1.54, 1.807) is 7.11 Å². The van der Waals surface area contributed by atoms with Crippen LogP contribution in [0.25, 0.3) is 0 Å². The number of nitrogens with zero attached hydrogens (tertiary/aromatic N) is 1. The van der Waals surface area contributed by atoms with Crippen molar-refractivity contribution in [2.45, 2.75) is 0 Å². The Labute approximate surface area is 101 Å². The van der Waals surface area contributed by atoms with Gasteiger partial charge in [0, 0.05) is 37.6 Å². The molecule has 1 heterocycles. The van der Waals surface area contributed by atoms with Crippen LogP contribution in [0.1, 0.15) is 0 Å². The van der Waals surface area contributed by atoms with E-state index in [4.69, 9.17) is 16.3 Å². The summed E-state index contributed by atoms with van der Waals surface area (Å²) in [5.74, 6) is 1.60. The summed E-state index contributed by atoms with van der Waals surface area (Å²) in [6, 6.07) is 5.71. The van der Waals surface area contributed by atoms with Crippen LogP contribution in [0.4, 0.5) is 5.69 Å². The van der Waals surface area contributed by atoms with Crippen LogP contribution in [0.2, 0.25) is 5.02 Å². The van der Waals surface area contributed by atoms with E-state index >= 15 is 0 Å². The first-order chi connectivity index (χ1) is 7.70. The van der Waals surface area contributed by atoms with E-state index in [-0.39, 0.29) is 0 Å². The maximum absolute atomic E-state index is 6.01. The van der Waals surface area contributed by atoms with Gasteiger partial charge in [-0.1, -0.05) is 11.6 Å². The summed E-state index contributed by atoms with van der Waals surface area (Å²) in [5.41, 5.74) is 1.06. The molecule has 1 aliphatic heterocycles. The van der Waals surface area contributed by atoms with Crippen LogP contribution in [-0.2, 0) is 0 Å². The molecule has 2 rings (SSSR count). The summed E-state index contributed by atoms with van der Waals surface area (Å²) in [5, 5.41) is 4.02. The molecular weight excluding hydrogens is 224 g/mol. The van der Waals surface area contributed by atoms with Gasteiger partial charge in [0.2, 0.25) is 0 Å². The Morgan fingerprint density at radius 3 is 2.81 bits per heavy atom. The highest BCUT2D eigenvalue weighted by atomic mass is 35.5. The number of nitrogens with one attached hydrogen (secondary N) is 1. The molecule has 1 N–H and O–H groups in total. The lowest BCUT2D eigenvalue weighted by atomic mass is 10.0. The monoisotopic (exact) mass is 240 g/mol. The number of halogens is 1. The topological polar surface area (TPSA) is 24.5 Å². The minimum absolute atomic E-state index is 0.730. The highest BCUT2D eigenvalue weighted by Gasteiger charge is 2.20. The zero-order valence-corrected chi connectivity index (χ0v) is 10.4. The molecule has 0 aromatic heterocycles. The second-order valence-corrected chi connectivity index (χ2v) is 4.66. The molecule has 0 unspecified atom stereocenters. The van der Waals surface area contributed by atoms with Crippen molar-refractivity contribution in [2.24, 2.45) is 5.92 Å². The van der Waals surface area contributed by atoms with Gasteiger partial charge < -0.3 is 15.0 Å². The molecule has 0 bridgehead atoms. The number of methoxy groups -OCH3 is 1. The first kappa shape index (κ1) is 11.6. The van der Waals surface area contributed by atoms with E-state index in [0.717, 1.165) is 42.0 Å². The first-order valence-corrected chi connectivity index (χ1v) is 5.84. The van der Waals surface area contributed by atoms with Gasteiger partial charge in [-0.25, -0.2) is 0 Å². The van der Waals surface area contributed by atoms with Crippen LogP contribution in [0, 0.1) is 5.92 Å². The van der Waals surface area contributed by atoms with Gasteiger partial charge in [-0.3, -0.25) is 0 Å². The Morgan fingerprint density at radius 2 is 2.25 bits per heavy atom. The average Bonchev–Trinajstić information content (AvgIpc) is 2.23. The van der Waals surface area contributed by atoms with Crippen molar-refractivity contribution in [3.05, 3.63) is 23.2 Å². The highest BCUT2D eigenvalue weighted by molar-refractivity contribution is 6.30. The molecule has 0 spiro atoms. The summed E-state index contributed by atoms with van der Waals surface area (Å²) in [7, 11) is 3.76. The van der Waals surface area contributed by atoms with Crippen LogP contribution in [0.5, 0.6) is 5.75 Å². The summed E-state index contributed by atoms with van der Waals surface area (Å²) < 4.78 is 5.34. The fraction of sp³-hybridized carbons (Fsp3) is 0.500. The van der Waals surface area contributed by atoms with Crippen LogP contribution in [0.15, 0.2) is 18.2 Å². The molecule has 16 heavy (non-hydrogen) atoms. The van der Waals surface area contributed by atoms with Crippen molar-refractivity contribution in [1.29, 1.82) is 0 Å². The second kappa shape index (κ2) is 4.93. The third-order valence-corrected chi connectivity index (χ3v) is 3.19. The Balaban J connectivity index is 2.13. The summed E-state index contributed by atoms with van der Waals surface area (Å²) >= 11 is 6.01. The molecule has 0 atom stereocenters. The van der Waals surface area contributed by atoms with Gasteiger partial charge in [0.05, 0.1) is 12.8 Å². The second-order valence-electron chi connectivity index (χ2n) is 4.22. The molecule has 3 nitrogen and oxygen atoms in total. The van der Waals surface area contributed by atoms with Crippen LogP contribution < -0.4 is 15.0 Å². The third-order valence-electron chi connectivity index (χ3n) is 2.95. The predicted octanol–water partition coefficient (Wildman–Crippen LogP) is 2.00. The Kier molecular flexibility index (Phi) is 3.56. The molecule has 0 saturated carbocycles. The van der Waals surface area contributed by atoms with Crippen molar-refractivity contribution < 1.29 is 4.74 Å². The standard InChI is InChI=1S/C12H17ClN2O/c1-15(8-9-6-14-7-9)11-5-10(13)3-4-12(11)16-2/h3-5,9,14H,6-8H2,1-2H3. The van der Waals surface area contributed by atoms with Gasteiger partial charge in [0.15, 0.2) is 0 Å². The highest BCUT2D eigenvalue weighted by Crippen LogP contribution is 2.31. The lowest BCUT2D eigenvalue weighted by Gasteiger charge is -2.32. The largest absolute Gasteiger partial charge is 0.495 e. The number of hydrogen-bond acceptors (Lipinski definition) is 3. The lowest BCUT2D eigenvalue weighted by molar-refractivity contribution is 0.351. The van der Waals surface area contributed by atoms with Gasteiger partial charge in [-0.15, -0.1) is 0 Å². The molecule has 88 valence electrons. The van der Waals surface area contributed by atoms with E-state index < -0.39 is 0 Å². The maximum Gasteiger partial charge on any atom is 0.142 e. The van der Waals surface area contributed by atoms with E-state index in [1.165, 1.54) is 0 Å². The van der Waals surface area contributed by atoms with Crippen LogP contribution in [-0.4, -0.2) is 33.8 Å². The van der Waals surface area contributed by atoms with Crippen molar-refractivity contribution in [2.75, 3.05) is 38.7 Å². The minimum Gasteiger partial charge on any atom is -0.495 e. The number of benzene rings is 1. The molecule has 1 aliphatic rings. The number of rotatable bonds is 4. The van der Waals surface area contributed by atoms with Crippen LogP contribution >= 0.6 is 11.6 Å². The van der Waals surface area contributed by atoms with E-state index in [0.29, 0.717) is 0 Å². The lowest BCUT2D eigenvalue weighted by Crippen LogP contribution is -2.47. The fourth-order valence-electron chi connectivity index (χ4n) is 1.92. The molecular formula is C12H17ClN2O. The van der Waals surface area contributed by atoms with Gasteiger partial charge in [-0.2, -0.15) is 0 Å². The average molecular weight is 241 g/mol. The molecule has 1 fully saturated rings. The van der Waals surface area contributed by atoms with Crippen molar-refractivity contribution in [1.82, 2.24) is 5.32 Å². The van der Waals surface area contributed by atoms with Crippen molar-refractivity contribution in [3.8, 4) is 5.75 Å². The molecule has 1 aromatic carbocycles. The van der Waals surface area contributed by atoms with E-state index in [2.05, 4.69) is 17.3 Å². The molecule has 0 radical (unpaired) electrons. The normalized spacial score (nSPS) is 15.7. The summed E-state index contributed by atoms with van der Waals surface area (Å²) in [6.07, 6.45) is 0. The van der Waals surface area contributed by atoms with E-state index in [1.807, 2.05) is 18.2 Å².